The molecule has 1 amide bonds. The molecule has 3 rings (SSSR count). The third-order valence-electron chi connectivity index (χ3n) is 5.84. The van der Waals surface area contributed by atoms with Crippen molar-refractivity contribution in [3.63, 3.8) is 0 Å². The number of ether oxygens (including phenoxy) is 1. The molecule has 164 valence electrons. The van der Waals surface area contributed by atoms with Crippen molar-refractivity contribution in [2.45, 2.75) is 45.6 Å². The summed E-state index contributed by atoms with van der Waals surface area (Å²) in [6, 6.07) is 13.0. The standard InChI is InChI=1S/C25H28FNO4/c1-4-31-25(30)17(3)27-15-23(19-9-5-16(2)6-10-19)22(24(27)29)14-21(28)13-18-7-11-20(26)12-8-18/h5-12,17,22-23H,4,13-15H2,1-3H3/t17?,22-,23-/m0/s1. The Bertz CT molecular complexity index is 939. The van der Waals surface area contributed by atoms with E-state index in [-0.39, 0.29) is 42.9 Å². The van der Waals surface area contributed by atoms with Crippen LogP contribution in [0.3, 0.4) is 0 Å². The quantitative estimate of drug-likeness (QED) is 0.603. The number of hydrogen-bond donors (Lipinski definition) is 0. The number of benzene rings is 2. The first kappa shape index (κ1) is 22.7. The summed E-state index contributed by atoms with van der Waals surface area (Å²) in [6.07, 6.45) is 0.207. The molecule has 0 spiro atoms. The van der Waals surface area contributed by atoms with Crippen LogP contribution in [-0.2, 0) is 25.5 Å². The minimum atomic E-state index is -0.711. The lowest BCUT2D eigenvalue weighted by Crippen LogP contribution is -2.42. The molecule has 1 heterocycles. The van der Waals surface area contributed by atoms with Gasteiger partial charge in [0.2, 0.25) is 5.91 Å². The maximum Gasteiger partial charge on any atom is 0.328 e. The number of aryl methyl sites for hydroxylation is 1. The summed E-state index contributed by atoms with van der Waals surface area (Å²) in [4.78, 5) is 39.8. The van der Waals surface area contributed by atoms with E-state index in [0.717, 1.165) is 11.1 Å². The lowest BCUT2D eigenvalue weighted by molar-refractivity contribution is -0.153. The molecule has 6 heteroatoms. The summed E-state index contributed by atoms with van der Waals surface area (Å²) in [7, 11) is 0. The van der Waals surface area contributed by atoms with E-state index >= 15 is 0 Å². The Labute approximate surface area is 182 Å². The number of halogens is 1. The summed E-state index contributed by atoms with van der Waals surface area (Å²) in [6.45, 7) is 5.97. The molecule has 0 N–H and O–H groups in total. The fourth-order valence-corrected chi connectivity index (χ4v) is 4.08. The summed E-state index contributed by atoms with van der Waals surface area (Å²) < 4.78 is 18.2. The number of rotatable bonds is 8. The predicted molar refractivity (Wildman–Crippen MR) is 115 cm³/mol. The van der Waals surface area contributed by atoms with Crippen molar-refractivity contribution in [1.82, 2.24) is 4.90 Å². The van der Waals surface area contributed by atoms with Gasteiger partial charge in [-0.05, 0) is 44.0 Å². The topological polar surface area (TPSA) is 63.7 Å². The highest BCUT2D eigenvalue weighted by Gasteiger charge is 2.45. The van der Waals surface area contributed by atoms with E-state index in [1.54, 1.807) is 26.0 Å². The van der Waals surface area contributed by atoms with Gasteiger partial charge in [-0.15, -0.1) is 0 Å². The zero-order valence-corrected chi connectivity index (χ0v) is 18.1. The Morgan fingerprint density at radius 3 is 2.39 bits per heavy atom. The van der Waals surface area contributed by atoms with Gasteiger partial charge in [0.15, 0.2) is 0 Å². The van der Waals surface area contributed by atoms with Crippen LogP contribution < -0.4 is 0 Å². The van der Waals surface area contributed by atoms with Crippen molar-refractivity contribution in [2.75, 3.05) is 13.2 Å². The summed E-state index contributed by atoms with van der Waals surface area (Å²) in [5.74, 6) is -1.84. The van der Waals surface area contributed by atoms with Gasteiger partial charge in [0, 0.05) is 25.3 Å². The van der Waals surface area contributed by atoms with E-state index in [1.807, 2.05) is 31.2 Å². The first-order valence-corrected chi connectivity index (χ1v) is 10.6. The SMILES string of the molecule is CCOC(=O)C(C)N1C[C@@H](c2ccc(C)cc2)[C@H](CC(=O)Cc2ccc(F)cc2)C1=O. The highest BCUT2D eigenvalue weighted by molar-refractivity contribution is 5.92. The van der Waals surface area contributed by atoms with Crippen LogP contribution in [0.1, 0.15) is 42.9 Å². The van der Waals surface area contributed by atoms with Crippen LogP contribution in [0.15, 0.2) is 48.5 Å². The van der Waals surface area contributed by atoms with Crippen LogP contribution in [0.4, 0.5) is 4.39 Å². The van der Waals surface area contributed by atoms with Crippen LogP contribution in [0.5, 0.6) is 0 Å². The molecule has 2 aromatic carbocycles. The average molecular weight is 426 g/mol. The van der Waals surface area contributed by atoms with Crippen molar-refractivity contribution >= 4 is 17.7 Å². The number of Topliss-reactive ketones (excluding diaryl/α,β-unsaturated/α-hetero) is 1. The largest absolute Gasteiger partial charge is 0.464 e. The zero-order chi connectivity index (χ0) is 22.5. The third-order valence-corrected chi connectivity index (χ3v) is 5.84. The highest BCUT2D eigenvalue weighted by Crippen LogP contribution is 2.37. The summed E-state index contributed by atoms with van der Waals surface area (Å²) in [5.41, 5.74) is 2.78. The Morgan fingerprint density at radius 2 is 1.77 bits per heavy atom. The third kappa shape index (κ3) is 5.37. The number of hydrogen-bond acceptors (Lipinski definition) is 4. The van der Waals surface area contributed by atoms with Gasteiger partial charge in [0.25, 0.3) is 0 Å². The number of nitrogens with zero attached hydrogens (tertiary/aromatic N) is 1. The van der Waals surface area contributed by atoms with Crippen molar-refractivity contribution in [2.24, 2.45) is 5.92 Å². The predicted octanol–water partition coefficient (Wildman–Crippen LogP) is 3.83. The van der Waals surface area contributed by atoms with Gasteiger partial charge in [-0.2, -0.15) is 0 Å². The summed E-state index contributed by atoms with van der Waals surface area (Å²) in [5, 5.41) is 0. The van der Waals surface area contributed by atoms with Gasteiger partial charge in [-0.3, -0.25) is 9.59 Å². The first-order chi connectivity index (χ1) is 14.8. The molecule has 1 saturated heterocycles. The van der Waals surface area contributed by atoms with Crippen molar-refractivity contribution < 1.29 is 23.5 Å². The number of likely N-dealkylation sites (tertiary alicyclic amines) is 1. The van der Waals surface area contributed by atoms with Crippen LogP contribution in [0.25, 0.3) is 0 Å². The Balaban J connectivity index is 1.81. The van der Waals surface area contributed by atoms with E-state index < -0.39 is 17.9 Å². The second kappa shape index (κ2) is 9.86. The molecule has 0 aliphatic carbocycles. The molecule has 0 aromatic heterocycles. The molecule has 1 fully saturated rings. The number of carbonyl (C=O) groups is 3. The molecule has 2 aromatic rings. The zero-order valence-electron chi connectivity index (χ0n) is 18.1. The molecule has 0 bridgehead atoms. The van der Waals surface area contributed by atoms with E-state index in [1.165, 1.54) is 17.0 Å². The molecular weight excluding hydrogens is 397 g/mol. The second-order valence-corrected chi connectivity index (χ2v) is 8.09. The number of carbonyl (C=O) groups excluding carboxylic acids is 3. The second-order valence-electron chi connectivity index (χ2n) is 8.09. The minimum Gasteiger partial charge on any atom is -0.464 e. The number of esters is 1. The molecule has 5 nitrogen and oxygen atoms in total. The Kier molecular flexibility index (Phi) is 7.21. The molecule has 1 unspecified atom stereocenters. The van der Waals surface area contributed by atoms with Crippen LogP contribution in [0, 0.1) is 18.7 Å². The van der Waals surface area contributed by atoms with E-state index in [9.17, 15) is 18.8 Å². The first-order valence-electron chi connectivity index (χ1n) is 10.6. The lowest BCUT2D eigenvalue weighted by Gasteiger charge is -2.23. The van der Waals surface area contributed by atoms with Gasteiger partial charge in [0.05, 0.1) is 12.5 Å². The van der Waals surface area contributed by atoms with Crippen LogP contribution in [-0.4, -0.2) is 41.8 Å². The monoisotopic (exact) mass is 425 g/mol. The van der Waals surface area contributed by atoms with Gasteiger partial charge in [-0.1, -0.05) is 42.0 Å². The molecule has 0 saturated carbocycles. The maximum atomic E-state index is 13.3. The van der Waals surface area contributed by atoms with Crippen molar-refractivity contribution in [3.8, 4) is 0 Å². The number of amides is 1. The molecular formula is C25H28FNO4. The normalized spacial score (nSPS) is 19.4. The number of ketones is 1. The van der Waals surface area contributed by atoms with E-state index in [0.29, 0.717) is 12.1 Å². The molecule has 31 heavy (non-hydrogen) atoms. The summed E-state index contributed by atoms with van der Waals surface area (Å²) >= 11 is 0. The van der Waals surface area contributed by atoms with Gasteiger partial charge in [0.1, 0.15) is 17.6 Å². The Hall–Kier alpha value is -3.02. The van der Waals surface area contributed by atoms with Gasteiger partial charge < -0.3 is 9.64 Å². The fourth-order valence-electron chi connectivity index (χ4n) is 4.08. The van der Waals surface area contributed by atoms with Crippen molar-refractivity contribution in [1.29, 1.82) is 0 Å². The minimum absolute atomic E-state index is 0.0702. The van der Waals surface area contributed by atoms with Crippen LogP contribution >= 0.6 is 0 Å². The highest BCUT2D eigenvalue weighted by atomic mass is 19.1. The average Bonchev–Trinajstić information content (AvgIpc) is 3.06. The van der Waals surface area contributed by atoms with Crippen molar-refractivity contribution in [3.05, 3.63) is 71.0 Å². The lowest BCUT2D eigenvalue weighted by atomic mass is 9.84. The Morgan fingerprint density at radius 1 is 1.13 bits per heavy atom. The maximum absolute atomic E-state index is 13.3. The molecule has 1 aliphatic heterocycles. The van der Waals surface area contributed by atoms with E-state index in [2.05, 4.69) is 0 Å². The van der Waals surface area contributed by atoms with E-state index in [4.69, 9.17) is 4.74 Å². The van der Waals surface area contributed by atoms with Gasteiger partial charge >= 0.3 is 5.97 Å². The fraction of sp³-hybridized carbons (Fsp3) is 0.400. The molecule has 0 radical (unpaired) electrons. The smallest absolute Gasteiger partial charge is 0.328 e. The molecule has 1 aliphatic rings. The van der Waals surface area contributed by atoms with Gasteiger partial charge in [-0.25, -0.2) is 9.18 Å². The van der Waals surface area contributed by atoms with Crippen LogP contribution in [0.2, 0.25) is 0 Å². The molecule has 3 atom stereocenters.